The third-order valence-electron chi connectivity index (χ3n) is 5.15. The average Bonchev–Trinajstić information content (AvgIpc) is 3.00. The Kier molecular flexibility index (Phi) is 6.73. The van der Waals surface area contributed by atoms with Gasteiger partial charge in [0, 0.05) is 29.7 Å². The minimum atomic E-state index is 0.0407. The highest BCUT2D eigenvalue weighted by Crippen LogP contribution is 2.36. The lowest BCUT2D eigenvalue weighted by Crippen LogP contribution is -2.33. The van der Waals surface area contributed by atoms with Gasteiger partial charge in [0.1, 0.15) is 11.5 Å². The van der Waals surface area contributed by atoms with Crippen LogP contribution in [0.15, 0.2) is 72.8 Å². The summed E-state index contributed by atoms with van der Waals surface area (Å²) in [5.41, 5.74) is 2.22. The minimum Gasteiger partial charge on any atom is -0.457 e. The number of ether oxygens (including phenoxy) is 1. The van der Waals surface area contributed by atoms with E-state index in [-0.39, 0.29) is 6.04 Å². The van der Waals surface area contributed by atoms with E-state index in [1.54, 1.807) is 0 Å². The van der Waals surface area contributed by atoms with Crippen LogP contribution in [-0.2, 0) is 0 Å². The van der Waals surface area contributed by atoms with Gasteiger partial charge in [0.05, 0.1) is 6.04 Å². The highest BCUT2D eigenvalue weighted by atomic mass is 35.5. The Hall–Kier alpha value is -2.04. The summed E-state index contributed by atoms with van der Waals surface area (Å²) >= 11 is 12.8. The van der Waals surface area contributed by atoms with E-state index in [2.05, 4.69) is 22.3 Å². The molecule has 1 unspecified atom stereocenters. The molecule has 0 aromatic heterocycles. The molecule has 1 fully saturated rings. The Morgan fingerprint density at radius 3 is 2.48 bits per heavy atom. The van der Waals surface area contributed by atoms with Crippen LogP contribution in [0.25, 0.3) is 0 Å². The molecule has 3 aromatic rings. The Bertz CT molecular complexity index is 941. The monoisotopic (exact) mass is 426 g/mol. The summed E-state index contributed by atoms with van der Waals surface area (Å²) < 4.78 is 6.08. The smallest absolute Gasteiger partial charge is 0.127 e. The second kappa shape index (κ2) is 9.64. The topological polar surface area (TPSA) is 24.5 Å². The Balaban J connectivity index is 1.71. The van der Waals surface area contributed by atoms with E-state index >= 15 is 0 Å². The molecule has 1 aliphatic rings. The van der Waals surface area contributed by atoms with Gasteiger partial charge in [0.15, 0.2) is 0 Å². The maximum Gasteiger partial charge on any atom is 0.127 e. The van der Waals surface area contributed by atoms with Gasteiger partial charge in [-0.15, -0.1) is 0 Å². The normalized spacial score (nSPS) is 16.2. The summed E-state index contributed by atoms with van der Waals surface area (Å²) in [7, 11) is 0. The van der Waals surface area contributed by atoms with Crippen LogP contribution in [0.3, 0.4) is 0 Å². The SMILES string of the molecule is Clc1ccc(C(c2cccc(Oc3ccccc3)c2)N2CCCNCC2)c(Cl)c1. The van der Waals surface area contributed by atoms with Crippen LogP contribution < -0.4 is 10.1 Å². The number of rotatable bonds is 5. The highest BCUT2D eigenvalue weighted by Gasteiger charge is 2.25. The van der Waals surface area contributed by atoms with E-state index in [1.165, 1.54) is 0 Å². The van der Waals surface area contributed by atoms with E-state index in [9.17, 15) is 0 Å². The molecule has 1 atom stereocenters. The van der Waals surface area contributed by atoms with Gasteiger partial charge in [-0.1, -0.05) is 59.6 Å². The number of nitrogens with zero attached hydrogens (tertiary/aromatic N) is 1. The molecular weight excluding hydrogens is 403 g/mol. The molecule has 0 bridgehead atoms. The zero-order valence-corrected chi connectivity index (χ0v) is 17.7. The molecule has 0 saturated carbocycles. The van der Waals surface area contributed by atoms with Gasteiger partial charge in [-0.2, -0.15) is 0 Å². The molecule has 1 N–H and O–H groups in total. The molecule has 0 spiro atoms. The van der Waals surface area contributed by atoms with Crippen molar-refractivity contribution in [3.8, 4) is 11.5 Å². The summed E-state index contributed by atoms with van der Waals surface area (Å²) in [6, 6.07) is 23.9. The number of halogens is 2. The zero-order valence-electron chi connectivity index (χ0n) is 16.2. The molecule has 0 radical (unpaired) electrons. The van der Waals surface area contributed by atoms with Gasteiger partial charge < -0.3 is 10.1 Å². The first kappa shape index (κ1) is 20.2. The summed E-state index contributed by atoms with van der Waals surface area (Å²) in [6.45, 7) is 3.95. The Morgan fingerprint density at radius 1 is 0.828 bits per heavy atom. The number of benzene rings is 3. The average molecular weight is 427 g/mol. The predicted molar refractivity (Wildman–Crippen MR) is 120 cm³/mol. The second-order valence-corrected chi connectivity index (χ2v) is 8.04. The highest BCUT2D eigenvalue weighted by molar-refractivity contribution is 6.35. The van der Waals surface area contributed by atoms with Gasteiger partial charge in [-0.3, -0.25) is 4.90 Å². The molecule has 1 aliphatic heterocycles. The fourth-order valence-corrected chi connectivity index (χ4v) is 4.32. The molecule has 0 amide bonds. The molecule has 1 heterocycles. The van der Waals surface area contributed by atoms with Gasteiger partial charge in [-0.25, -0.2) is 0 Å². The summed E-state index contributed by atoms with van der Waals surface area (Å²) in [6.07, 6.45) is 1.10. The van der Waals surface area contributed by atoms with Crippen LogP contribution >= 0.6 is 23.2 Å². The van der Waals surface area contributed by atoms with Crippen LogP contribution in [0, 0.1) is 0 Å². The van der Waals surface area contributed by atoms with Gasteiger partial charge in [0.2, 0.25) is 0 Å². The lowest BCUT2D eigenvalue weighted by atomic mass is 9.96. The predicted octanol–water partition coefficient (Wildman–Crippen LogP) is 6.17. The Labute approximate surface area is 182 Å². The third kappa shape index (κ3) is 5.12. The van der Waals surface area contributed by atoms with Crippen molar-refractivity contribution in [3.63, 3.8) is 0 Å². The third-order valence-corrected chi connectivity index (χ3v) is 5.71. The first-order valence-corrected chi connectivity index (χ1v) is 10.7. The molecule has 29 heavy (non-hydrogen) atoms. The number of para-hydroxylation sites is 1. The standard InChI is InChI=1S/C24H24Cl2N2O/c25-19-10-11-22(23(26)17-19)24(28-14-5-12-27-13-15-28)18-6-4-9-21(16-18)29-20-7-2-1-3-8-20/h1-4,6-11,16-17,24,27H,5,12-15H2. The van der Waals surface area contributed by atoms with Gasteiger partial charge in [-0.05, 0) is 60.5 Å². The van der Waals surface area contributed by atoms with Crippen molar-refractivity contribution in [2.24, 2.45) is 0 Å². The van der Waals surface area contributed by atoms with Crippen LogP contribution in [0.4, 0.5) is 0 Å². The van der Waals surface area contributed by atoms with Crippen molar-refractivity contribution in [3.05, 3.63) is 94.0 Å². The molecular formula is C24H24Cl2N2O. The van der Waals surface area contributed by atoms with Gasteiger partial charge >= 0.3 is 0 Å². The van der Waals surface area contributed by atoms with E-state index < -0.39 is 0 Å². The zero-order chi connectivity index (χ0) is 20.1. The van der Waals surface area contributed by atoms with Crippen molar-refractivity contribution < 1.29 is 4.74 Å². The molecule has 0 aliphatic carbocycles. The molecule has 3 aromatic carbocycles. The van der Waals surface area contributed by atoms with Crippen LogP contribution in [0.1, 0.15) is 23.6 Å². The van der Waals surface area contributed by atoms with Crippen molar-refractivity contribution in [1.29, 1.82) is 0 Å². The largest absolute Gasteiger partial charge is 0.457 e. The fraction of sp³-hybridized carbons (Fsp3) is 0.250. The summed E-state index contributed by atoms with van der Waals surface area (Å²) in [5.74, 6) is 1.64. The first-order chi connectivity index (χ1) is 14.2. The number of hydrogen-bond donors (Lipinski definition) is 1. The molecule has 3 nitrogen and oxygen atoms in total. The van der Waals surface area contributed by atoms with Crippen molar-refractivity contribution in [2.75, 3.05) is 26.2 Å². The van der Waals surface area contributed by atoms with Crippen molar-refractivity contribution >= 4 is 23.2 Å². The summed E-state index contributed by atoms with van der Waals surface area (Å²) in [4.78, 5) is 2.48. The molecule has 150 valence electrons. The van der Waals surface area contributed by atoms with E-state index in [0.29, 0.717) is 10.0 Å². The Morgan fingerprint density at radius 2 is 1.66 bits per heavy atom. The molecule has 1 saturated heterocycles. The number of hydrogen-bond acceptors (Lipinski definition) is 3. The first-order valence-electron chi connectivity index (χ1n) is 9.93. The number of nitrogens with one attached hydrogen (secondary N) is 1. The van der Waals surface area contributed by atoms with Crippen LogP contribution in [0.5, 0.6) is 11.5 Å². The minimum absolute atomic E-state index is 0.0407. The summed E-state index contributed by atoms with van der Waals surface area (Å²) in [5, 5.41) is 4.82. The van der Waals surface area contributed by atoms with E-state index in [0.717, 1.165) is 55.2 Å². The van der Waals surface area contributed by atoms with Crippen LogP contribution in [-0.4, -0.2) is 31.1 Å². The van der Waals surface area contributed by atoms with Crippen LogP contribution in [0.2, 0.25) is 10.0 Å². The van der Waals surface area contributed by atoms with Gasteiger partial charge in [0.25, 0.3) is 0 Å². The maximum atomic E-state index is 6.65. The van der Waals surface area contributed by atoms with E-state index in [4.69, 9.17) is 27.9 Å². The lowest BCUT2D eigenvalue weighted by molar-refractivity contribution is 0.241. The second-order valence-electron chi connectivity index (χ2n) is 7.20. The quantitative estimate of drug-likeness (QED) is 0.527. The van der Waals surface area contributed by atoms with E-state index in [1.807, 2.05) is 60.7 Å². The molecule has 5 heteroatoms. The lowest BCUT2D eigenvalue weighted by Gasteiger charge is -2.32. The van der Waals surface area contributed by atoms with Crippen molar-refractivity contribution in [1.82, 2.24) is 10.2 Å². The maximum absolute atomic E-state index is 6.65. The fourth-order valence-electron chi connectivity index (χ4n) is 3.81. The van der Waals surface area contributed by atoms with Crippen molar-refractivity contribution in [2.45, 2.75) is 12.5 Å². The molecule has 4 rings (SSSR count).